The Hall–Kier alpha value is -0.390. The number of ether oxygens (including phenoxy) is 1. The minimum atomic E-state index is 0.0943. The highest BCUT2D eigenvalue weighted by Gasteiger charge is 2.13. The lowest BCUT2D eigenvalue weighted by Crippen LogP contribution is -2.26. The van der Waals surface area contributed by atoms with Crippen molar-refractivity contribution in [1.82, 2.24) is 9.78 Å². The average molecular weight is 290 g/mol. The van der Waals surface area contributed by atoms with Crippen molar-refractivity contribution >= 4 is 15.9 Å². The third-order valence-electron chi connectivity index (χ3n) is 2.64. The zero-order chi connectivity index (χ0) is 12.1. The second-order valence-corrected chi connectivity index (χ2v) is 4.73. The van der Waals surface area contributed by atoms with E-state index in [1.54, 1.807) is 7.11 Å². The number of methoxy groups -OCH3 is 1. The largest absolute Gasteiger partial charge is 0.383 e. The van der Waals surface area contributed by atoms with Crippen LogP contribution in [0.15, 0.2) is 4.47 Å². The van der Waals surface area contributed by atoms with Gasteiger partial charge in [0.25, 0.3) is 0 Å². The van der Waals surface area contributed by atoms with Gasteiger partial charge in [0.05, 0.1) is 22.5 Å². The van der Waals surface area contributed by atoms with Gasteiger partial charge in [0.15, 0.2) is 0 Å². The number of hydrogen-bond acceptors (Lipinski definition) is 3. The predicted molar refractivity (Wildman–Crippen MR) is 68.5 cm³/mol. The third kappa shape index (κ3) is 3.30. The van der Waals surface area contributed by atoms with E-state index in [9.17, 15) is 0 Å². The van der Waals surface area contributed by atoms with Gasteiger partial charge in [-0.25, -0.2) is 0 Å². The van der Waals surface area contributed by atoms with E-state index >= 15 is 0 Å². The van der Waals surface area contributed by atoms with Crippen molar-refractivity contribution in [2.75, 3.05) is 13.7 Å². The summed E-state index contributed by atoms with van der Waals surface area (Å²) in [5.41, 5.74) is 8.22. The van der Waals surface area contributed by atoms with Crippen LogP contribution in [0.4, 0.5) is 0 Å². The SMILES string of the molecule is CCc1nn(C)c(CCC(N)COC)c1Br. The number of rotatable bonds is 6. The molecule has 0 bridgehead atoms. The van der Waals surface area contributed by atoms with Crippen molar-refractivity contribution in [2.24, 2.45) is 12.8 Å². The third-order valence-corrected chi connectivity index (χ3v) is 3.55. The molecule has 1 aromatic heterocycles. The standard InChI is InChI=1S/C11H20BrN3O/c1-4-9-11(12)10(15(2)14-9)6-5-8(13)7-16-3/h8H,4-7,13H2,1-3H3. The van der Waals surface area contributed by atoms with E-state index in [1.807, 2.05) is 11.7 Å². The van der Waals surface area contributed by atoms with Crippen LogP contribution < -0.4 is 5.73 Å². The molecule has 5 heteroatoms. The van der Waals surface area contributed by atoms with E-state index in [0.29, 0.717) is 6.61 Å². The summed E-state index contributed by atoms with van der Waals surface area (Å²) in [6.45, 7) is 2.71. The summed E-state index contributed by atoms with van der Waals surface area (Å²) in [4.78, 5) is 0. The Morgan fingerprint density at radius 2 is 2.25 bits per heavy atom. The zero-order valence-electron chi connectivity index (χ0n) is 10.2. The molecule has 0 radical (unpaired) electrons. The highest BCUT2D eigenvalue weighted by atomic mass is 79.9. The molecule has 0 aromatic carbocycles. The van der Waals surface area contributed by atoms with Crippen LogP contribution in [0.5, 0.6) is 0 Å². The summed E-state index contributed by atoms with van der Waals surface area (Å²) in [5, 5.41) is 4.45. The first-order valence-electron chi connectivity index (χ1n) is 5.54. The lowest BCUT2D eigenvalue weighted by Gasteiger charge is -2.10. The smallest absolute Gasteiger partial charge is 0.0766 e. The molecule has 0 aliphatic heterocycles. The van der Waals surface area contributed by atoms with E-state index in [0.717, 1.165) is 29.4 Å². The van der Waals surface area contributed by atoms with Crippen LogP contribution in [0, 0.1) is 0 Å². The topological polar surface area (TPSA) is 53.1 Å². The van der Waals surface area contributed by atoms with Crippen LogP contribution in [0.1, 0.15) is 24.7 Å². The Kier molecular flexibility index (Phi) is 5.44. The number of halogens is 1. The van der Waals surface area contributed by atoms with Gasteiger partial charge in [0.1, 0.15) is 0 Å². The molecule has 1 rings (SSSR count). The maximum absolute atomic E-state index is 5.90. The number of hydrogen-bond donors (Lipinski definition) is 1. The van der Waals surface area contributed by atoms with Gasteiger partial charge in [-0.15, -0.1) is 0 Å². The lowest BCUT2D eigenvalue weighted by molar-refractivity contribution is 0.177. The second-order valence-electron chi connectivity index (χ2n) is 3.94. The number of nitrogens with zero attached hydrogens (tertiary/aromatic N) is 2. The molecular weight excluding hydrogens is 270 g/mol. The van der Waals surface area contributed by atoms with Crippen LogP contribution in [-0.2, 0) is 24.6 Å². The average Bonchev–Trinajstić information content (AvgIpc) is 2.52. The highest BCUT2D eigenvalue weighted by Crippen LogP contribution is 2.22. The Morgan fingerprint density at radius 3 is 2.75 bits per heavy atom. The molecule has 1 heterocycles. The molecule has 0 saturated carbocycles. The summed E-state index contributed by atoms with van der Waals surface area (Å²) < 4.78 is 8.08. The van der Waals surface area contributed by atoms with Gasteiger partial charge in [0, 0.05) is 20.2 Å². The molecule has 0 fully saturated rings. The van der Waals surface area contributed by atoms with Gasteiger partial charge in [-0.05, 0) is 35.2 Å². The van der Waals surface area contributed by atoms with Crippen LogP contribution in [0.3, 0.4) is 0 Å². The summed E-state index contributed by atoms with van der Waals surface area (Å²) in [6.07, 6.45) is 2.78. The molecule has 4 nitrogen and oxygen atoms in total. The maximum Gasteiger partial charge on any atom is 0.0766 e. The minimum absolute atomic E-state index is 0.0943. The molecule has 92 valence electrons. The number of nitrogens with two attached hydrogens (primary N) is 1. The van der Waals surface area contributed by atoms with Gasteiger partial charge < -0.3 is 10.5 Å². The van der Waals surface area contributed by atoms with Gasteiger partial charge >= 0.3 is 0 Å². The fourth-order valence-corrected chi connectivity index (χ4v) is 2.53. The molecule has 0 aliphatic rings. The second kappa shape index (κ2) is 6.37. The molecule has 0 spiro atoms. The van der Waals surface area contributed by atoms with E-state index in [1.165, 1.54) is 5.69 Å². The number of aryl methyl sites for hydroxylation is 2. The maximum atomic E-state index is 5.90. The van der Waals surface area contributed by atoms with Crippen molar-refractivity contribution in [2.45, 2.75) is 32.2 Å². The Labute approximate surface area is 105 Å². The van der Waals surface area contributed by atoms with Crippen molar-refractivity contribution < 1.29 is 4.74 Å². The van der Waals surface area contributed by atoms with E-state index in [-0.39, 0.29) is 6.04 Å². The molecule has 0 amide bonds. The van der Waals surface area contributed by atoms with Gasteiger partial charge in [-0.2, -0.15) is 5.10 Å². The monoisotopic (exact) mass is 289 g/mol. The van der Waals surface area contributed by atoms with Gasteiger partial charge in [-0.3, -0.25) is 4.68 Å². The first-order valence-corrected chi connectivity index (χ1v) is 6.34. The lowest BCUT2D eigenvalue weighted by atomic mass is 10.1. The van der Waals surface area contributed by atoms with Crippen LogP contribution in [0.25, 0.3) is 0 Å². The van der Waals surface area contributed by atoms with Crippen LogP contribution in [-0.4, -0.2) is 29.5 Å². The normalized spacial score (nSPS) is 13.1. The van der Waals surface area contributed by atoms with Crippen molar-refractivity contribution in [3.8, 4) is 0 Å². The molecule has 1 unspecified atom stereocenters. The van der Waals surface area contributed by atoms with E-state index in [2.05, 4.69) is 28.0 Å². The fraction of sp³-hybridized carbons (Fsp3) is 0.727. The molecular formula is C11H20BrN3O. The molecule has 0 saturated heterocycles. The first kappa shape index (κ1) is 13.7. The molecule has 16 heavy (non-hydrogen) atoms. The molecule has 2 N–H and O–H groups in total. The Balaban J connectivity index is 2.63. The minimum Gasteiger partial charge on any atom is -0.383 e. The highest BCUT2D eigenvalue weighted by molar-refractivity contribution is 9.10. The molecule has 1 atom stereocenters. The van der Waals surface area contributed by atoms with Crippen LogP contribution >= 0.6 is 15.9 Å². The van der Waals surface area contributed by atoms with Crippen molar-refractivity contribution in [1.29, 1.82) is 0 Å². The van der Waals surface area contributed by atoms with Gasteiger partial charge in [0.2, 0.25) is 0 Å². The summed E-state index contributed by atoms with van der Waals surface area (Å²) in [6, 6.07) is 0.0943. The van der Waals surface area contributed by atoms with Gasteiger partial charge in [-0.1, -0.05) is 6.92 Å². The quantitative estimate of drug-likeness (QED) is 0.866. The summed E-state index contributed by atoms with van der Waals surface area (Å²) >= 11 is 3.60. The summed E-state index contributed by atoms with van der Waals surface area (Å²) in [7, 11) is 3.65. The predicted octanol–water partition coefficient (Wildman–Crippen LogP) is 1.65. The molecule has 0 aliphatic carbocycles. The van der Waals surface area contributed by atoms with Crippen LogP contribution in [0.2, 0.25) is 0 Å². The summed E-state index contributed by atoms with van der Waals surface area (Å²) in [5.74, 6) is 0. The van der Waals surface area contributed by atoms with Crippen molar-refractivity contribution in [3.63, 3.8) is 0 Å². The van der Waals surface area contributed by atoms with Crippen molar-refractivity contribution in [3.05, 3.63) is 15.9 Å². The molecule has 1 aromatic rings. The number of aromatic nitrogens is 2. The van der Waals surface area contributed by atoms with E-state index < -0.39 is 0 Å². The Bertz CT molecular complexity index is 338. The first-order chi connectivity index (χ1) is 7.60. The van der Waals surface area contributed by atoms with E-state index in [4.69, 9.17) is 10.5 Å². The fourth-order valence-electron chi connectivity index (χ4n) is 1.71. The zero-order valence-corrected chi connectivity index (χ0v) is 11.7. The Morgan fingerprint density at radius 1 is 1.56 bits per heavy atom.